The monoisotopic (exact) mass is 249 g/mol. The molecule has 4 heteroatoms. The first-order valence-corrected chi connectivity index (χ1v) is 5.59. The van der Waals surface area contributed by atoms with Crippen LogP contribution in [-0.2, 0) is 0 Å². The molecule has 0 radical (unpaired) electrons. The van der Waals surface area contributed by atoms with Crippen LogP contribution in [-0.4, -0.2) is 11.7 Å². The van der Waals surface area contributed by atoms with Crippen molar-refractivity contribution < 1.29 is 13.9 Å². The van der Waals surface area contributed by atoms with E-state index in [-0.39, 0.29) is 12.1 Å². The van der Waals surface area contributed by atoms with E-state index in [0.29, 0.717) is 0 Å². The predicted molar refractivity (Wildman–Crippen MR) is 66.2 cm³/mol. The van der Waals surface area contributed by atoms with Crippen LogP contribution >= 0.6 is 0 Å². The molecule has 1 unspecified atom stereocenters. The fourth-order valence-electron chi connectivity index (χ4n) is 1.65. The number of nitrogens with one attached hydrogen (secondary N) is 1. The summed E-state index contributed by atoms with van der Waals surface area (Å²) in [6, 6.07) is 12.4. The van der Waals surface area contributed by atoms with Gasteiger partial charge >= 0.3 is 0 Å². The van der Waals surface area contributed by atoms with Crippen LogP contribution in [0.3, 0.4) is 0 Å². The van der Waals surface area contributed by atoms with Crippen LogP contribution in [0, 0.1) is 11.6 Å². The zero-order valence-corrected chi connectivity index (χ0v) is 9.61. The molecule has 0 aromatic heterocycles. The Kier molecular flexibility index (Phi) is 3.89. The minimum absolute atomic E-state index is 0.0832. The summed E-state index contributed by atoms with van der Waals surface area (Å²) in [7, 11) is 0. The highest BCUT2D eigenvalue weighted by Gasteiger charge is 2.13. The number of para-hydroxylation sites is 1. The lowest BCUT2D eigenvalue weighted by Crippen LogP contribution is -2.13. The van der Waals surface area contributed by atoms with E-state index in [9.17, 15) is 13.9 Å². The Balaban J connectivity index is 2.01. The minimum Gasteiger partial charge on any atom is -0.386 e. The molecule has 0 heterocycles. The number of aliphatic hydroxyl groups excluding tert-OH is 1. The maximum Gasteiger partial charge on any atom is 0.131 e. The van der Waals surface area contributed by atoms with E-state index in [1.54, 1.807) is 0 Å². The molecule has 0 saturated heterocycles. The molecule has 0 spiro atoms. The molecule has 18 heavy (non-hydrogen) atoms. The summed E-state index contributed by atoms with van der Waals surface area (Å²) in [4.78, 5) is 0. The average Bonchev–Trinajstić information content (AvgIpc) is 2.37. The van der Waals surface area contributed by atoms with Gasteiger partial charge < -0.3 is 10.4 Å². The molecule has 0 bridgehead atoms. The molecule has 94 valence electrons. The molecule has 2 rings (SSSR count). The SMILES string of the molecule is OC(CNc1ccccc1)c1ccc(F)cc1F. The lowest BCUT2D eigenvalue weighted by atomic mass is 10.1. The Morgan fingerprint density at radius 2 is 1.78 bits per heavy atom. The second-order valence-corrected chi connectivity index (χ2v) is 3.93. The highest BCUT2D eigenvalue weighted by molar-refractivity contribution is 5.42. The quantitative estimate of drug-likeness (QED) is 0.872. The fraction of sp³-hybridized carbons (Fsp3) is 0.143. The molecular weight excluding hydrogens is 236 g/mol. The van der Waals surface area contributed by atoms with E-state index < -0.39 is 17.7 Å². The molecule has 0 amide bonds. The number of benzene rings is 2. The molecular formula is C14H13F2NO. The van der Waals surface area contributed by atoms with Crippen LogP contribution in [0.2, 0.25) is 0 Å². The molecule has 0 aliphatic carbocycles. The van der Waals surface area contributed by atoms with Gasteiger partial charge in [0.2, 0.25) is 0 Å². The van der Waals surface area contributed by atoms with Crippen molar-refractivity contribution in [1.82, 2.24) is 0 Å². The number of hydrogen-bond acceptors (Lipinski definition) is 2. The largest absolute Gasteiger partial charge is 0.386 e. The molecule has 2 nitrogen and oxygen atoms in total. The molecule has 2 aromatic carbocycles. The Morgan fingerprint density at radius 3 is 2.44 bits per heavy atom. The van der Waals surface area contributed by atoms with Crippen molar-refractivity contribution in [3.63, 3.8) is 0 Å². The summed E-state index contributed by atoms with van der Waals surface area (Å²) in [6.07, 6.45) is -1.02. The molecule has 0 aliphatic heterocycles. The number of hydrogen-bond donors (Lipinski definition) is 2. The summed E-state index contributed by atoms with van der Waals surface area (Å²) in [6.45, 7) is 0.159. The van der Waals surface area contributed by atoms with Gasteiger partial charge in [-0.15, -0.1) is 0 Å². The lowest BCUT2D eigenvalue weighted by molar-refractivity contribution is 0.186. The van der Waals surface area contributed by atoms with Gasteiger partial charge in [-0.1, -0.05) is 24.3 Å². The number of rotatable bonds is 4. The van der Waals surface area contributed by atoms with E-state index in [2.05, 4.69) is 5.32 Å². The molecule has 2 aromatic rings. The van der Waals surface area contributed by atoms with Gasteiger partial charge in [-0.3, -0.25) is 0 Å². The third-order valence-corrected chi connectivity index (χ3v) is 2.59. The Morgan fingerprint density at radius 1 is 1.06 bits per heavy atom. The van der Waals surface area contributed by atoms with Crippen molar-refractivity contribution in [2.45, 2.75) is 6.10 Å². The predicted octanol–water partition coefficient (Wildman–Crippen LogP) is 3.11. The van der Waals surface area contributed by atoms with Crippen LogP contribution in [0.1, 0.15) is 11.7 Å². The number of aliphatic hydroxyl groups is 1. The van der Waals surface area contributed by atoms with Gasteiger partial charge in [0.25, 0.3) is 0 Å². The lowest BCUT2D eigenvalue weighted by Gasteiger charge is -2.13. The van der Waals surface area contributed by atoms with Crippen molar-refractivity contribution in [3.8, 4) is 0 Å². The maximum atomic E-state index is 13.4. The summed E-state index contributed by atoms with van der Waals surface area (Å²) < 4.78 is 26.1. The third kappa shape index (κ3) is 3.05. The van der Waals surface area contributed by atoms with E-state index >= 15 is 0 Å². The number of halogens is 2. The minimum atomic E-state index is -1.02. The Hall–Kier alpha value is -1.94. The van der Waals surface area contributed by atoms with Gasteiger partial charge in [0, 0.05) is 23.9 Å². The topological polar surface area (TPSA) is 32.3 Å². The summed E-state index contributed by atoms with van der Waals surface area (Å²) in [5, 5.41) is 12.8. The van der Waals surface area contributed by atoms with Gasteiger partial charge in [-0.25, -0.2) is 8.78 Å². The van der Waals surface area contributed by atoms with Gasteiger partial charge in [0.05, 0.1) is 6.10 Å². The van der Waals surface area contributed by atoms with Crippen molar-refractivity contribution in [2.75, 3.05) is 11.9 Å². The standard InChI is InChI=1S/C14H13F2NO/c15-10-6-7-12(13(16)8-10)14(18)9-17-11-4-2-1-3-5-11/h1-8,14,17-18H,9H2. The smallest absolute Gasteiger partial charge is 0.131 e. The van der Waals surface area contributed by atoms with Crippen LogP contribution < -0.4 is 5.32 Å². The van der Waals surface area contributed by atoms with Gasteiger partial charge in [-0.05, 0) is 18.2 Å². The van der Waals surface area contributed by atoms with E-state index in [1.807, 2.05) is 30.3 Å². The zero-order valence-electron chi connectivity index (χ0n) is 9.61. The fourth-order valence-corrected chi connectivity index (χ4v) is 1.65. The first-order valence-electron chi connectivity index (χ1n) is 5.59. The molecule has 1 atom stereocenters. The average molecular weight is 249 g/mol. The highest BCUT2D eigenvalue weighted by Crippen LogP contribution is 2.18. The number of anilines is 1. The van der Waals surface area contributed by atoms with E-state index in [1.165, 1.54) is 6.07 Å². The second kappa shape index (κ2) is 5.60. The van der Waals surface area contributed by atoms with Crippen molar-refractivity contribution >= 4 is 5.69 Å². The molecule has 2 N–H and O–H groups in total. The van der Waals surface area contributed by atoms with E-state index in [4.69, 9.17) is 0 Å². The van der Waals surface area contributed by atoms with Crippen molar-refractivity contribution in [3.05, 3.63) is 65.7 Å². The summed E-state index contributed by atoms with van der Waals surface area (Å²) >= 11 is 0. The van der Waals surface area contributed by atoms with Crippen LogP contribution in [0.4, 0.5) is 14.5 Å². The Bertz CT molecular complexity index is 516. The van der Waals surface area contributed by atoms with Crippen LogP contribution in [0.25, 0.3) is 0 Å². The molecule has 0 fully saturated rings. The second-order valence-electron chi connectivity index (χ2n) is 3.93. The first kappa shape index (κ1) is 12.5. The van der Waals surface area contributed by atoms with Gasteiger partial charge in [0.1, 0.15) is 11.6 Å². The van der Waals surface area contributed by atoms with Crippen molar-refractivity contribution in [2.24, 2.45) is 0 Å². The normalized spacial score (nSPS) is 12.2. The molecule has 0 aliphatic rings. The van der Waals surface area contributed by atoms with E-state index in [0.717, 1.165) is 17.8 Å². The summed E-state index contributed by atoms with van der Waals surface area (Å²) in [5.41, 5.74) is 0.916. The first-order chi connectivity index (χ1) is 8.66. The molecule has 0 saturated carbocycles. The summed E-state index contributed by atoms with van der Waals surface area (Å²) in [5.74, 6) is -1.39. The maximum absolute atomic E-state index is 13.4. The third-order valence-electron chi connectivity index (χ3n) is 2.59. The van der Waals surface area contributed by atoms with Gasteiger partial charge in [0.15, 0.2) is 0 Å². The van der Waals surface area contributed by atoms with Crippen LogP contribution in [0.15, 0.2) is 48.5 Å². The van der Waals surface area contributed by atoms with Gasteiger partial charge in [-0.2, -0.15) is 0 Å². The zero-order chi connectivity index (χ0) is 13.0. The van der Waals surface area contributed by atoms with Crippen LogP contribution in [0.5, 0.6) is 0 Å². The van der Waals surface area contributed by atoms with Crippen molar-refractivity contribution in [1.29, 1.82) is 0 Å². The highest BCUT2D eigenvalue weighted by atomic mass is 19.1. The Labute approximate surface area is 104 Å².